The van der Waals surface area contributed by atoms with E-state index in [2.05, 4.69) is 10.6 Å². The van der Waals surface area contributed by atoms with Crippen LogP contribution >= 0.6 is 23.2 Å². The molecular formula is C18H16Cl2N2O2. The molecule has 0 radical (unpaired) electrons. The van der Waals surface area contributed by atoms with Gasteiger partial charge in [-0.15, -0.1) is 0 Å². The topological polar surface area (TPSA) is 58.2 Å². The van der Waals surface area contributed by atoms with Gasteiger partial charge in [-0.2, -0.15) is 0 Å². The number of halogens is 2. The summed E-state index contributed by atoms with van der Waals surface area (Å²) in [6.07, 6.45) is 2.09. The lowest BCUT2D eigenvalue weighted by atomic mass is 10.1. The Labute approximate surface area is 150 Å². The summed E-state index contributed by atoms with van der Waals surface area (Å²) in [6, 6.07) is 12.1. The molecule has 2 amide bonds. The van der Waals surface area contributed by atoms with Crippen LogP contribution in [0.1, 0.15) is 18.4 Å². The number of benzene rings is 2. The summed E-state index contributed by atoms with van der Waals surface area (Å²) in [6.45, 7) is 0. The third-order valence-electron chi connectivity index (χ3n) is 3.75. The number of amides is 2. The molecule has 0 heterocycles. The Balaban J connectivity index is 1.56. The lowest BCUT2D eigenvalue weighted by Crippen LogP contribution is -2.15. The van der Waals surface area contributed by atoms with Crippen LogP contribution in [0.15, 0.2) is 42.5 Å². The number of rotatable bonds is 5. The molecule has 2 aromatic rings. The molecule has 0 aromatic heterocycles. The first-order chi connectivity index (χ1) is 11.5. The van der Waals surface area contributed by atoms with E-state index in [1.165, 1.54) is 0 Å². The van der Waals surface area contributed by atoms with E-state index in [4.69, 9.17) is 23.2 Å². The van der Waals surface area contributed by atoms with Crippen LogP contribution in [0, 0.1) is 5.92 Å². The van der Waals surface area contributed by atoms with E-state index >= 15 is 0 Å². The highest BCUT2D eigenvalue weighted by Gasteiger charge is 2.29. The standard InChI is InChI=1S/C18H16Cl2N2O2/c19-13-4-3-12(16(20)10-13)9-17(23)21-14-5-7-15(8-6-14)22-18(24)11-1-2-11/h3-8,10-11H,1-2,9H2,(H,21,23)(H,22,24). The SMILES string of the molecule is O=C(Cc1ccc(Cl)cc1Cl)Nc1ccc(NC(=O)C2CC2)cc1. The predicted molar refractivity (Wildman–Crippen MR) is 96.6 cm³/mol. The van der Waals surface area contributed by atoms with Gasteiger partial charge >= 0.3 is 0 Å². The van der Waals surface area contributed by atoms with Crippen molar-refractivity contribution in [3.8, 4) is 0 Å². The molecule has 0 aliphatic heterocycles. The Morgan fingerprint density at radius 1 is 0.958 bits per heavy atom. The maximum absolute atomic E-state index is 12.1. The molecule has 1 aliphatic carbocycles. The minimum atomic E-state index is -0.172. The van der Waals surface area contributed by atoms with Gasteiger partial charge in [-0.05, 0) is 54.8 Å². The minimum absolute atomic E-state index is 0.0594. The van der Waals surface area contributed by atoms with Gasteiger partial charge in [0.1, 0.15) is 0 Å². The zero-order valence-corrected chi connectivity index (χ0v) is 14.3. The van der Waals surface area contributed by atoms with Crippen LogP contribution in [-0.4, -0.2) is 11.8 Å². The largest absolute Gasteiger partial charge is 0.326 e. The van der Waals surface area contributed by atoms with Crippen LogP contribution < -0.4 is 10.6 Å². The second-order valence-electron chi connectivity index (χ2n) is 5.80. The predicted octanol–water partition coefficient (Wildman–Crippen LogP) is 4.52. The summed E-state index contributed by atoms with van der Waals surface area (Å²) in [5.41, 5.74) is 2.10. The molecule has 1 fully saturated rings. The lowest BCUT2D eigenvalue weighted by Gasteiger charge is -2.09. The van der Waals surface area contributed by atoms with Gasteiger partial charge in [-0.25, -0.2) is 0 Å². The van der Waals surface area contributed by atoms with Crippen molar-refractivity contribution in [3.63, 3.8) is 0 Å². The lowest BCUT2D eigenvalue weighted by molar-refractivity contribution is -0.117. The smallest absolute Gasteiger partial charge is 0.228 e. The molecule has 4 nitrogen and oxygen atoms in total. The normalized spacial score (nSPS) is 13.4. The van der Waals surface area contributed by atoms with Crippen molar-refractivity contribution >= 4 is 46.4 Å². The number of carbonyl (C=O) groups is 2. The average Bonchev–Trinajstić information content (AvgIpc) is 3.37. The third kappa shape index (κ3) is 4.49. The van der Waals surface area contributed by atoms with Crippen LogP contribution in [0.4, 0.5) is 11.4 Å². The van der Waals surface area contributed by atoms with E-state index in [-0.39, 0.29) is 24.2 Å². The molecule has 6 heteroatoms. The Morgan fingerprint density at radius 3 is 2.17 bits per heavy atom. The molecule has 24 heavy (non-hydrogen) atoms. The molecule has 0 bridgehead atoms. The molecule has 0 spiro atoms. The van der Waals surface area contributed by atoms with Crippen molar-refractivity contribution in [3.05, 3.63) is 58.1 Å². The molecule has 3 rings (SSSR count). The molecule has 0 unspecified atom stereocenters. The fraction of sp³-hybridized carbons (Fsp3) is 0.222. The maximum Gasteiger partial charge on any atom is 0.228 e. The molecule has 0 atom stereocenters. The van der Waals surface area contributed by atoms with Crippen molar-refractivity contribution in [2.75, 3.05) is 10.6 Å². The first kappa shape index (κ1) is 16.8. The molecule has 1 aliphatic rings. The van der Waals surface area contributed by atoms with Gasteiger partial charge in [-0.3, -0.25) is 9.59 Å². The molecule has 2 N–H and O–H groups in total. The van der Waals surface area contributed by atoms with E-state index in [0.717, 1.165) is 18.5 Å². The quantitative estimate of drug-likeness (QED) is 0.820. The number of carbonyl (C=O) groups excluding carboxylic acids is 2. The monoisotopic (exact) mass is 362 g/mol. The van der Waals surface area contributed by atoms with Crippen LogP contribution in [0.2, 0.25) is 10.0 Å². The van der Waals surface area contributed by atoms with Gasteiger partial charge in [0, 0.05) is 27.3 Å². The number of anilines is 2. The van der Waals surface area contributed by atoms with Crippen LogP contribution in [0.25, 0.3) is 0 Å². The van der Waals surface area contributed by atoms with Crippen molar-refractivity contribution < 1.29 is 9.59 Å². The van der Waals surface area contributed by atoms with Crippen molar-refractivity contribution in [1.29, 1.82) is 0 Å². The maximum atomic E-state index is 12.1. The Bertz CT molecular complexity index is 771. The minimum Gasteiger partial charge on any atom is -0.326 e. The van der Waals surface area contributed by atoms with Crippen LogP contribution in [0.3, 0.4) is 0 Å². The first-order valence-corrected chi connectivity index (χ1v) is 8.41. The van der Waals surface area contributed by atoms with E-state index in [1.54, 1.807) is 42.5 Å². The zero-order valence-electron chi connectivity index (χ0n) is 12.8. The van der Waals surface area contributed by atoms with Gasteiger partial charge in [-0.1, -0.05) is 29.3 Å². The first-order valence-electron chi connectivity index (χ1n) is 7.66. The van der Waals surface area contributed by atoms with Crippen molar-refractivity contribution in [1.82, 2.24) is 0 Å². The zero-order chi connectivity index (χ0) is 17.1. The summed E-state index contributed by atoms with van der Waals surface area (Å²) < 4.78 is 0. The molecular weight excluding hydrogens is 347 g/mol. The Hall–Kier alpha value is -2.04. The highest BCUT2D eigenvalue weighted by Crippen LogP contribution is 2.30. The fourth-order valence-electron chi connectivity index (χ4n) is 2.27. The van der Waals surface area contributed by atoms with E-state index in [0.29, 0.717) is 21.3 Å². The van der Waals surface area contributed by atoms with Crippen molar-refractivity contribution in [2.45, 2.75) is 19.3 Å². The van der Waals surface area contributed by atoms with E-state index in [1.807, 2.05) is 0 Å². The number of hydrogen-bond donors (Lipinski definition) is 2. The molecule has 124 valence electrons. The summed E-state index contributed by atoms with van der Waals surface area (Å²) >= 11 is 11.9. The van der Waals surface area contributed by atoms with Gasteiger partial charge in [0.05, 0.1) is 6.42 Å². The number of nitrogens with one attached hydrogen (secondary N) is 2. The van der Waals surface area contributed by atoms with Gasteiger partial charge in [0.2, 0.25) is 11.8 Å². The second kappa shape index (κ2) is 7.24. The molecule has 2 aromatic carbocycles. The Kier molecular flexibility index (Phi) is 5.07. The van der Waals surface area contributed by atoms with Gasteiger partial charge in [0.25, 0.3) is 0 Å². The fourth-order valence-corrected chi connectivity index (χ4v) is 2.75. The summed E-state index contributed by atoms with van der Waals surface area (Å²) in [5, 5.41) is 6.66. The van der Waals surface area contributed by atoms with Crippen molar-refractivity contribution in [2.24, 2.45) is 5.92 Å². The molecule has 1 saturated carbocycles. The van der Waals surface area contributed by atoms with Crippen LogP contribution in [0.5, 0.6) is 0 Å². The van der Waals surface area contributed by atoms with E-state index in [9.17, 15) is 9.59 Å². The number of hydrogen-bond acceptors (Lipinski definition) is 2. The highest BCUT2D eigenvalue weighted by atomic mass is 35.5. The van der Waals surface area contributed by atoms with Crippen LogP contribution in [-0.2, 0) is 16.0 Å². The molecule has 0 saturated heterocycles. The summed E-state index contributed by atoms with van der Waals surface area (Å²) in [7, 11) is 0. The van der Waals surface area contributed by atoms with Gasteiger partial charge < -0.3 is 10.6 Å². The van der Waals surface area contributed by atoms with Gasteiger partial charge in [0.15, 0.2) is 0 Å². The summed E-state index contributed by atoms with van der Waals surface area (Å²) in [5.74, 6) is 0.0478. The van der Waals surface area contributed by atoms with E-state index < -0.39 is 0 Å². The third-order valence-corrected chi connectivity index (χ3v) is 4.34. The Morgan fingerprint density at radius 2 is 1.58 bits per heavy atom. The highest BCUT2D eigenvalue weighted by molar-refractivity contribution is 6.35. The average molecular weight is 363 g/mol. The summed E-state index contributed by atoms with van der Waals surface area (Å²) in [4.78, 5) is 23.8. The second-order valence-corrected chi connectivity index (χ2v) is 6.65.